The lowest BCUT2D eigenvalue weighted by molar-refractivity contribution is -0.117. The summed E-state index contributed by atoms with van der Waals surface area (Å²) in [6.45, 7) is 15.6. The summed E-state index contributed by atoms with van der Waals surface area (Å²) in [4.78, 5) is 30.9. The zero-order valence-electron chi connectivity index (χ0n) is 33.4. The van der Waals surface area contributed by atoms with Gasteiger partial charge in [-0.1, -0.05) is 129 Å². The lowest BCUT2D eigenvalue weighted by Gasteiger charge is -2.22. The molecular formula is C45H76N4O2. The molecule has 2 aromatic carbocycles. The van der Waals surface area contributed by atoms with Crippen molar-refractivity contribution < 1.29 is 9.59 Å². The van der Waals surface area contributed by atoms with Gasteiger partial charge in [-0.05, 0) is 120 Å². The van der Waals surface area contributed by atoms with Gasteiger partial charge in [0.05, 0.1) is 0 Å². The minimum absolute atomic E-state index is 0.0859. The van der Waals surface area contributed by atoms with Gasteiger partial charge in [0.25, 0.3) is 0 Å². The molecule has 51 heavy (non-hydrogen) atoms. The predicted molar refractivity (Wildman–Crippen MR) is 221 cm³/mol. The molecule has 0 aromatic heterocycles. The van der Waals surface area contributed by atoms with E-state index in [2.05, 4.69) is 72.4 Å². The third-order valence-electron chi connectivity index (χ3n) is 9.90. The van der Waals surface area contributed by atoms with Crippen molar-refractivity contribution in [1.29, 1.82) is 0 Å². The molecule has 0 aliphatic rings. The molecule has 0 unspecified atom stereocenters. The minimum Gasteiger partial charge on any atom is -0.326 e. The van der Waals surface area contributed by atoms with Crippen LogP contribution in [0.2, 0.25) is 0 Å². The SMILES string of the molecule is CCCCCCCCN(CCCC)CCCC(=O)Nc1cccc(Cc2cccc(NC(=O)CCCN(CCCC)CCCCCCCC)c2)c1. The quantitative estimate of drug-likeness (QED) is 0.0744. The monoisotopic (exact) mass is 705 g/mol. The summed E-state index contributed by atoms with van der Waals surface area (Å²) >= 11 is 0. The number of unbranched alkanes of at least 4 members (excludes halogenated alkanes) is 12. The highest BCUT2D eigenvalue weighted by atomic mass is 16.2. The van der Waals surface area contributed by atoms with Crippen LogP contribution in [0.1, 0.15) is 167 Å². The van der Waals surface area contributed by atoms with Gasteiger partial charge >= 0.3 is 0 Å². The van der Waals surface area contributed by atoms with E-state index in [-0.39, 0.29) is 11.8 Å². The molecule has 2 rings (SSSR count). The molecule has 2 aromatic rings. The van der Waals surface area contributed by atoms with E-state index in [9.17, 15) is 9.59 Å². The van der Waals surface area contributed by atoms with Crippen molar-refractivity contribution >= 4 is 23.2 Å². The lowest BCUT2D eigenvalue weighted by atomic mass is 10.0. The molecule has 0 atom stereocenters. The Morgan fingerprint density at radius 3 is 1.22 bits per heavy atom. The average molecular weight is 705 g/mol. The van der Waals surface area contributed by atoms with Crippen molar-refractivity contribution in [1.82, 2.24) is 9.80 Å². The second-order valence-electron chi connectivity index (χ2n) is 14.8. The summed E-state index contributed by atoms with van der Waals surface area (Å²) in [5.74, 6) is 0.172. The number of nitrogens with one attached hydrogen (secondary N) is 2. The number of rotatable bonds is 32. The second kappa shape index (κ2) is 29.8. The molecule has 0 spiro atoms. The van der Waals surface area contributed by atoms with Gasteiger partial charge < -0.3 is 20.4 Å². The largest absolute Gasteiger partial charge is 0.326 e. The molecule has 288 valence electrons. The van der Waals surface area contributed by atoms with Crippen LogP contribution in [-0.2, 0) is 16.0 Å². The molecule has 2 N–H and O–H groups in total. The van der Waals surface area contributed by atoms with Crippen LogP contribution in [0.5, 0.6) is 0 Å². The van der Waals surface area contributed by atoms with Crippen molar-refractivity contribution in [2.45, 2.75) is 163 Å². The van der Waals surface area contributed by atoms with Crippen LogP contribution >= 0.6 is 0 Å². The first-order valence-electron chi connectivity index (χ1n) is 21.2. The van der Waals surface area contributed by atoms with E-state index in [4.69, 9.17) is 0 Å². The van der Waals surface area contributed by atoms with Crippen LogP contribution in [0, 0.1) is 0 Å². The summed E-state index contributed by atoms with van der Waals surface area (Å²) in [5.41, 5.74) is 3.97. The molecule has 0 saturated carbocycles. The molecular weight excluding hydrogens is 629 g/mol. The van der Waals surface area contributed by atoms with Crippen molar-refractivity contribution in [3.05, 3.63) is 59.7 Å². The Morgan fingerprint density at radius 1 is 0.451 bits per heavy atom. The third kappa shape index (κ3) is 22.8. The highest BCUT2D eigenvalue weighted by Crippen LogP contribution is 2.19. The van der Waals surface area contributed by atoms with Crippen LogP contribution in [0.15, 0.2) is 48.5 Å². The molecule has 0 saturated heterocycles. The van der Waals surface area contributed by atoms with Crippen LogP contribution < -0.4 is 10.6 Å². The van der Waals surface area contributed by atoms with Gasteiger partial charge in [0.15, 0.2) is 0 Å². The summed E-state index contributed by atoms with van der Waals surface area (Å²) in [7, 11) is 0. The summed E-state index contributed by atoms with van der Waals surface area (Å²) < 4.78 is 0. The Labute approximate surface area is 313 Å². The van der Waals surface area contributed by atoms with Crippen molar-refractivity contribution in [2.75, 3.05) is 49.9 Å². The van der Waals surface area contributed by atoms with Gasteiger partial charge in [-0.2, -0.15) is 0 Å². The maximum absolute atomic E-state index is 12.9. The second-order valence-corrected chi connectivity index (χ2v) is 14.8. The predicted octanol–water partition coefficient (Wildman–Crippen LogP) is 11.6. The van der Waals surface area contributed by atoms with Crippen molar-refractivity contribution in [3.63, 3.8) is 0 Å². The molecule has 2 amide bonds. The van der Waals surface area contributed by atoms with Gasteiger partial charge in [0, 0.05) is 24.2 Å². The van der Waals surface area contributed by atoms with Crippen LogP contribution in [0.4, 0.5) is 11.4 Å². The Hall–Kier alpha value is -2.70. The average Bonchev–Trinajstić information content (AvgIpc) is 3.12. The first-order chi connectivity index (χ1) is 25.0. The number of carbonyl (C=O) groups excluding carboxylic acids is 2. The Balaban J connectivity index is 1.77. The molecule has 0 aliphatic carbocycles. The van der Waals surface area contributed by atoms with Crippen LogP contribution in [0.25, 0.3) is 0 Å². The fourth-order valence-electron chi connectivity index (χ4n) is 6.79. The number of hydrogen-bond acceptors (Lipinski definition) is 4. The van der Waals surface area contributed by atoms with E-state index >= 15 is 0 Å². The summed E-state index contributed by atoms with van der Waals surface area (Å²) in [5, 5.41) is 6.27. The Kier molecular flexibility index (Phi) is 26.0. The molecule has 6 heteroatoms. The smallest absolute Gasteiger partial charge is 0.224 e. The zero-order chi connectivity index (χ0) is 36.8. The number of benzene rings is 2. The number of nitrogens with zero attached hydrogens (tertiary/aromatic N) is 2. The molecule has 0 radical (unpaired) electrons. The number of amides is 2. The minimum atomic E-state index is 0.0859. The van der Waals surface area contributed by atoms with Gasteiger partial charge in [-0.25, -0.2) is 0 Å². The van der Waals surface area contributed by atoms with Crippen LogP contribution in [0.3, 0.4) is 0 Å². The Bertz CT molecular complexity index is 1080. The highest BCUT2D eigenvalue weighted by molar-refractivity contribution is 5.91. The number of anilines is 2. The first kappa shape index (κ1) is 44.5. The normalized spacial score (nSPS) is 11.4. The van der Waals surface area contributed by atoms with E-state index in [1.165, 1.54) is 103 Å². The van der Waals surface area contributed by atoms with Crippen molar-refractivity contribution in [2.24, 2.45) is 0 Å². The summed E-state index contributed by atoms with van der Waals surface area (Å²) in [6, 6.07) is 16.3. The topological polar surface area (TPSA) is 64.7 Å². The van der Waals surface area contributed by atoms with Gasteiger partial charge in [0.1, 0.15) is 0 Å². The maximum Gasteiger partial charge on any atom is 0.224 e. The molecule has 6 nitrogen and oxygen atoms in total. The third-order valence-corrected chi connectivity index (χ3v) is 9.90. The fraction of sp³-hybridized carbons (Fsp3) is 0.689. The van der Waals surface area contributed by atoms with E-state index in [1.54, 1.807) is 0 Å². The maximum atomic E-state index is 12.9. The van der Waals surface area contributed by atoms with Gasteiger partial charge in [0.2, 0.25) is 11.8 Å². The molecule has 0 fully saturated rings. The number of carbonyl (C=O) groups is 2. The Morgan fingerprint density at radius 2 is 0.804 bits per heavy atom. The van der Waals surface area contributed by atoms with Gasteiger partial charge in [-0.15, -0.1) is 0 Å². The van der Waals surface area contributed by atoms with E-state index in [0.29, 0.717) is 12.8 Å². The molecule has 0 bridgehead atoms. The van der Waals surface area contributed by atoms with E-state index in [1.807, 2.05) is 24.3 Å². The van der Waals surface area contributed by atoms with Crippen molar-refractivity contribution in [3.8, 4) is 0 Å². The molecule has 0 aliphatic heterocycles. The lowest BCUT2D eigenvalue weighted by Crippen LogP contribution is -2.28. The fourth-order valence-corrected chi connectivity index (χ4v) is 6.79. The summed E-state index contributed by atoms with van der Waals surface area (Å²) in [6.07, 6.45) is 24.3. The van der Waals surface area contributed by atoms with E-state index < -0.39 is 0 Å². The first-order valence-corrected chi connectivity index (χ1v) is 21.2. The van der Waals surface area contributed by atoms with Crippen LogP contribution in [-0.4, -0.2) is 60.9 Å². The van der Waals surface area contributed by atoms with Gasteiger partial charge in [-0.3, -0.25) is 9.59 Å². The highest BCUT2D eigenvalue weighted by Gasteiger charge is 2.10. The standard InChI is InChI=1S/C45H76N4O2/c1-5-9-13-15-17-19-33-48(31-11-7-3)35-23-29-44(50)46-42-27-21-25-40(38-42)37-41-26-22-28-43(39-41)47-45(51)30-24-36-49(32-12-8-4)34-20-18-16-14-10-6-2/h21-22,25-28,38-39H,5-20,23-24,29-37H2,1-4H3,(H,46,50)(H,47,51). The van der Waals surface area contributed by atoms with E-state index in [0.717, 1.165) is 81.0 Å². The zero-order valence-corrected chi connectivity index (χ0v) is 33.4. The number of hydrogen-bond donors (Lipinski definition) is 2. The molecule has 0 heterocycles.